The molecule has 2 N–H and O–H groups in total. The number of nitrogen functional groups attached to an aromatic ring is 1. The summed E-state index contributed by atoms with van der Waals surface area (Å²) in [5.74, 6) is 1.02. The molecule has 102 valence electrons. The van der Waals surface area contributed by atoms with Crippen molar-refractivity contribution in [3.8, 4) is 11.8 Å². The van der Waals surface area contributed by atoms with Crippen molar-refractivity contribution >= 4 is 11.9 Å². The summed E-state index contributed by atoms with van der Waals surface area (Å²) in [6.07, 6.45) is 3.59. The van der Waals surface area contributed by atoms with E-state index in [1.165, 1.54) is 19.3 Å². The van der Waals surface area contributed by atoms with E-state index in [0.717, 1.165) is 18.8 Å². The van der Waals surface area contributed by atoms with E-state index >= 15 is 0 Å². The molecule has 1 aromatic heterocycles. The van der Waals surface area contributed by atoms with E-state index in [4.69, 9.17) is 11.0 Å². The summed E-state index contributed by atoms with van der Waals surface area (Å²) in [5, 5.41) is 13.4. The zero-order valence-electron chi connectivity index (χ0n) is 11.2. The number of aromatic nitrogens is 3. The van der Waals surface area contributed by atoms with Crippen molar-refractivity contribution in [2.75, 3.05) is 23.7 Å². The topological polar surface area (TPSA) is 83.8 Å². The van der Waals surface area contributed by atoms with Gasteiger partial charge in [0.2, 0.25) is 11.9 Å². The van der Waals surface area contributed by atoms with Crippen LogP contribution in [0.25, 0.3) is 5.69 Å². The van der Waals surface area contributed by atoms with Gasteiger partial charge in [-0.25, -0.2) is 0 Å². The molecule has 2 aromatic rings. The molecule has 0 bridgehead atoms. The molecular weight excluding hydrogens is 252 g/mol. The SMILES string of the molecule is N#Cc1cccc(-n2nc(N3CCCCC3)nc2N)c1. The monoisotopic (exact) mass is 268 g/mol. The van der Waals surface area contributed by atoms with E-state index in [2.05, 4.69) is 21.1 Å². The van der Waals surface area contributed by atoms with Crippen molar-refractivity contribution in [2.24, 2.45) is 0 Å². The molecule has 0 saturated carbocycles. The number of benzene rings is 1. The van der Waals surface area contributed by atoms with Crippen LogP contribution in [0.1, 0.15) is 24.8 Å². The molecule has 20 heavy (non-hydrogen) atoms. The minimum atomic E-state index is 0.348. The average molecular weight is 268 g/mol. The third kappa shape index (κ3) is 2.30. The van der Waals surface area contributed by atoms with Gasteiger partial charge in [0.1, 0.15) is 0 Å². The number of nitrogens with zero attached hydrogens (tertiary/aromatic N) is 5. The fourth-order valence-electron chi connectivity index (χ4n) is 2.44. The van der Waals surface area contributed by atoms with Crippen LogP contribution in [0.3, 0.4) is 0 Å². The van der Waals surface area contributed by atoms with Gasteiger partial charge < -0.3 is 10.6 Å². The Hall–Kier alpha value is -2.55. The smallest absolute Gasteiger partial charge is 0.246 e. The summed E-state index contributed by atoms with van der Waals surface area (Å²) in [6, 6.07) is 9.30. The van der Waals surface area contributed by atoms with E-state index < -0.39 is 0 Å². The molecule has 0 unspecified atom stereocenters. The maximum absolute atomic E-state index is 8.95. The lowest BCUT2D eigenvalue weighted by Crippen LogP contribution is -2.30. The molecular formula is C14H16N6. The fraction of sp³-hybridized carbons (Fsp3) is 0.357. The lowest BCUT2D eigenvalue weighted by atomic mass is 10.1. The molecule has 6 nitrogen and oxygen atoms in total. The first-order valence-electron chi connectivity index (χ1n) is 6.76. The van der Waals surface area contributed by atoms with Crippen LogP contribution in [0, 0.1) is 11.3 Å². The fourth-order valence-corrected chi connectivity index (χ4v) is 2.44. The Bertz CT molecular complexity index is 648. The highest BCUT2D eigenvalue weighted by Gasteiger charge is 2.17. The number of rotatable bonds is 2. The van der Waals surface area contributed by atoms with E-state index in [-0.39, 0.29) is 0 Å². The Morgan fingerprint density at radius 3 is 2.75 bits per heavy atom. The Kier molecular flexibility index (Phi) is 3.25. The van der Waals surface area contributed by atoms with Gasteiger partial charge in [0.15, 0.2) is 0 Å². The summed E-state index contributed by atoms with van der Waals surface area (Å²) >= 11 is 0. The van der Waals surface area contributed by atoms with Gasteiger partial charge in [0, 0.05) is 13.1 Å². The summed E-state index contributed by atoms with van der Waals surface area (Å²) in [7, 11) is 0. The number of piperidine rings is 1. The largest absolute Gasteiger partial charge is 0.368 e. The van der Waals surface area contributed by atoms with E-state index in [1.807, 2.05) is 12.1 Å². The van der Waals surface area contributed by atoms with Gasteiger partial charge in [-0.05, 0) is 37.5 Å². The van der Waals surface area contributed by atoms with Gasteiger partial charge in [-0.1, -0.05) is 6.07 Å². The third-order valence-corrected chi connectivity index (χ3v) is 3.48. The van der Waals surface area contributed by atoms with Crippen molar-refractivity contribution < 1.29 is 0 Å². The van der Waals surface area contributed by atoms with Crippen LogP contribution in [0.5, 0.6) is 0 Å². The van der Waals surface area contributed by atoms with Crippen LogP contribution in [0.2, 0.25) is 0 Å². The average Bonchev–Trinajstić information content (AvgIpc) is 2.90. The van der Waals surface area contributed by atoms with Crippen molar-refractivity contribution in [2.45, 2.75) is 19.3 Å². The predicted molar refractivity (Wildman–Crippen MR) is 76.6 cm³/mol. The van der Waals surface area contributed by atoms with Crippen LogP contribution < -0.4 is 10.6 Å². The Balaban J connectivity index is 1.94. The summed E-state index contributed by atoms with van der Waals surface area (Å²) in [6.45, 7) is 1.95. The standard InChI is InChI=1S/C14H16N6/c15-10-11-5-4-6-12(9-11)20-13(16)17-14(18-20)19-7-2-1-3-8-19/h4-6,9H,1-3,7-8H2,(H2,16,17,18). The molecule has 0 aliphatic carbocycles. The minimum Gasteiger partial charge on any atom is -0.368 e. The first-order chi connectivity index (χ1) is 9.78. The lowest BCUT2D eigenvalue weighted by Gasteiger charge is -2.24. The number of nitrogens with two attached hydrogens (primary N) is 1. The normalized spacial score (nSPS) is 15.1. The Morgan fingerprint density at radius 2 is 2.00 bits per heavy atom. The molecule has 1 aliphatic rings. The molecule has 0 amide bonds. The molecule has 0 spiro atoms. The highest BCUT2D eigenvalue weighted by Crippen LogP contribution is 2.20. The van der Waals surface area contributed by atoms with Gasteiger partial charge in [-0.15, -0.1) is 5.10 Å². The van der Waals surface area contributed by atoms with E-state index in [0.29, 0.717) is 17.5 Å². The molecule has 0 radical (unpaired) electrons. The lowest BCUT2D eigenvalue weighted by molar-refractivity contribution is 0.568. The summed E-state index contributed by atoms with van der Waals surface area (Å²) in [4.78, 5) is 6.50. The highest BCUT2D eigenvalue weighted by molar-refractivity contribution is 5.46. The van der Waals surface area contributed by atoms with E-state index in [1.54, 1.807) is 16.8 Å². The maximum Gasteiger partial charge on any atom is 0.246 e. The number of hydrogen-bond donors (Lipinski definition) is 1. The van der Waals surface area contributed by atoms with Gasteiger partial charge >= 0.3 is 0 Å². The van der Waals surface area contributed by atoms with Crippen LogP contribution in [-0.2, 0) is 0 Å². The molecule has 1 fully saturated rings. The number of anilines is 2. The number of hydrogen-bond acceptors (Lipinski definition) is 5. The quantitative estimate of drug-likeness (QED) is 0.896. The molecule has 1 aromatic carbocycles. The van der Waals surface area contributed by atoms with Gasteiger partial charge in [-0.3, -0.25) is 0 Å². The predicted octanol–water partition coefficient (Wildman–Crippen LogP) is 1.71. The van der Waals surface area contributed by atoms with Crippen LogP contribution in [0.4, 0.5) is 11.9 Å². The maximum atomic E-state index is 8.95. The van der Waals surface area contributed by atoms with Gasteiger partial charge in [0.05, 0.1) is 17.3 Å². The number of nitriles is 1. The van der Waals surface area contributed by atoms with Crippen LogP contribution in [-0.4, -0.2) is 27.9 Å². The Morgan fingerprint density at radius 1 is 1.20 bits per heavy atom. The second-order valence-corrected chi connectivity index (χ2v) is 4.89. The van der Waals surface area contributed by atoms with Crippen LogP contribution in [0.15, 0.2) is 24.3 Å². The first kappa shape index (κ1) is 12.5. The molecule has 0 atom stereocenters. The molecule has 2 heterocycles. The van der Waals surface area contributed by atoms with Crippen LogP contribution >= 0.6 is 0 Å². The zero-order valence-corrected chi connectivity index (χ0v) is 11.2. The van der Waals surface area contributed by atoms with Gasteiger partial charge in [-0.2, -0.15) is 14.9 Å². The van der Waals surface area contributed by atoms with Crippen molar-refractivity contribution in [1.29, 1.82) is 5.26 Å². The zero-order chi connectivity index (χ0) is 13.9. The summed E-state index contributed by atoms with van der Waals surface area (Å²) in [5.41, 5.74) is 7.29. The third-order valence-electron chi connectivity index (χ3n) is 3.48. The van der Waals surface area contributed by atoms with Crippen molar-refractivity contribution in [3.05, 3.63) is 29.8 Å². The molecule has 6 heteroatoms. The minimum absolute atomic E-state index is 0.348. The van der Waals surface area contributed by atoms with Gasteiger partial charge in [0.25, 0.3) is 0 Å². The Labute approximate surface area is 117 Å². The summed E-state index contributed by atoms with van der Waals surface area (Å²) < 4.78 is 1.59. The second kappa shape index (κ2) is 5.21. The van der Waals surface area contributed by atoms with E-state index in [9.17, 15) is 0 Å². The molecule has 1 saturated heterocycles. The van der Waals surface area contributed by atoms with Crippen molar-refractivity contribution in [1.82, 2.24) is 14.8 Å². The second-order valence-electron chi connectivity index (χ2n) is 4.89. The molecule has 1 aliphatic heterocycles. The molecule has 3 rings (SSSR count). The van der Waals surface area contributed by atoms with Crippen molar-refractivity contribution in [3.63, 3.8) is 0 Å². The first-order valence-corrected chi connectivity index (χ1v) is 6.76. The highest BCUT2D eigenvalue weighted by atomic mass is 15.5.